The van der Waals surface area contributed by atoms with Crippen molar-refractivity contribution in [2.75, 3.05) is 13.2 Å². The van der Waals surface area contributed by atoms with Crippen LogP contribution in [0, 0.1) is 0 Å². The highest BCUT2D eigenvalue weighted by Crippen LogP contribution is 2.27. The van der Waals surface area contributed by atoms with Crippen LogP contribution in [0.2, 0.25) is 0 Å². The van der Waals surface area contributed by atoms with Gasteiger partial charge in [0.25, 0.3) is 0 Å². The van der Waals surface area contributed by atoms with Crippen LogP contribution in [0.3, 0.4) is 0 Å². The van der Waals surface area contributed by atoms with Crippen molar-refractivity contribution in [2.45, 2.75) is 25.9 Å². The lowest BCUT2D eigenvalue weighted by Gasteiger charge is -2.09. The van der Waals surface area contributed by atoms with Gasteiger partial charge in [-0.25, -0.2) is 0 Å². The lowest BCUT2D eigenvalue weighted by Crippen LogP contribution is -2.16. The van der Waals surface area contributed by atoms with Gasteiger partial charge >= 0.3 is 0 Å². The molecule has 0 saturated carbocycles. The van der Waals surface area contributed by atoms with Crippen molar-refractivity contribution >= 4 is 0 Å². The molecule has 0 bridgehead atoms. The van der Waals surface area contributed by atoms with Crippen molar-refractivity contribution in [3.8, 4) is 5.75 Å². The van der Waals surface area contributed by atoms with E-state index in [-0.39, 0.29) is 5.60 Å². The van der Waals surface area contributed by atoms with Gasteiger partial charge in [0.2, 0.25) is 0 Å². The molecule has 0 radical (unpaired) electrons. The molecule has 76 valence electrons. The molecule has 1 heterocycles. The summed E-state index contributed by atoms with van der Waals surface area (Å²) in [4.78, 5) is 0. The summed E-state index contributed by atoms with van der Waals surface area (Å²) in [6.07, 6.45) is 1.05. The minimum absolute atomic E-state index is 0.0256. The molecule has 0 N–H and O–H groups in total. The molecule has 1 fully saturated rings. The van der Waals surface area contributed by atoms with Crippen molar-refractivity contribution in [1.29, 1.82) is 0 Å². The number of rotatable bonds is 4. The second-order valence-corrected chi connectivity index (χ2v) is 4.03. The Balaban J connectivity index is 1.94. The summed E-state index contributed by atoms with van der Waals surface area (Å²) in [6, 6.07) is 8.23. The van der Waals surface area contributed by atoms with E-state index in [1.807, 2.05) is 12.1 Å². The van der Waals surface area contributed by atoms with E-state index in [9.17, 15) is 0 Å². The van der Waals surface area contributed by atoms with Gasteiger partial charge in [-0.2, -0.15) is 0 Å². The first-order valence-corrected chi connectivity index (χ1v) is 5.07. The Morgan fingerprint density at radius 1 is 1.50 bits per heavy atom. The number of aryl methyl sites for hydroxylation is 1. The van der Waals surface area contributed by atoms with E-state index in [2.05, 4.69) is 26.0 Å². The standard InChI is InChI=1S/C12H16O2/c1-3-10-5-4-6-11(7-10)13-8-12(2)9-14-12/h4-7H,3,8-9H2,1-2H3. The van der Waals surface area contributed by atoms with Crippen LogP contribution in [0.1, 0.15) is 19.4 Å². The van der Waals surface area contributed by atoms with Crippen LogP contribution in [0.25, 0.3) is 0 Å². The second kappa shape index (κ2) is 3.62. The minimum Gasteiger partial charge on any atom is -0.490 e. The highest BCUT2D eigenvalue weighted by Gasteiger charge is 2.40. The number of epoxide rings is 1. The zero-order valence-corrected chi connectivity index (χ0v) is 8.75. The molecule has 0 aliphatic carbocycles. The van der Waals surface area contributed by atoms with Crippen LogP contribution in [0.4, 0.5) is 0 Å². The van der Waals surface area contributed by atoms with E-state index in [0.717, 1.165) is 18.8 Å². The first-order chi connectivity index (χ1) is 6.72. The SMILES string of the molecule is CCc1cccc(OCC2(C)CO2)c1. The molecule has 1 atom stereocenters. The molecule has 1 unspecified atom stereocenters. The third-order valence-electron chi connectivity index (χ3n) is 2.49. The van der Waals surface area contributed by atoms with E-state index >= 15 is 0 Å². The zero-order chi connectivity index (χ0) is 10.0. The van der Waals surface area contributed by atoms with Gasteiger partial charge in [0.1, 0.15) is 18.0 Å². The molecule has 1 aromatic rings. The predicted octanol–water partition coefficient (Wildman–Crippen LogP) is 2.42. The monoisotopic (exact) mass is 192 g/mol. The van der Waals surface area contributed by atoms with Gasteiger partial charge in [-0.3, -0.25) is 0 Å². The molecule has 1 aromatic carbocycles. The van der Waals surface area contributed by atoms with Crippen LogP contribution in [0.15, 0.2) is 24.3 Å². The molecule has 1 saturated heterocycles. The fourth-order valence-electron chi connectivity index (χ4n) is 1.30. The fraction of sp³-hybridized carbons (Fsp3) is 0.500. The first kappa shape index (κ1) is 9.53. The molecule has 1 aliphatic heterocycles. The van der Waals surface area contributed by atoms with Crippen LogP contribution < -0.4 is 4.74 Å². The van der Waals surface area contributed by atoms with Gasteiger partial charge in [0.05, 0.1) is 6.61 Å². The maximum Gasteiger partial charge on any atom is 0.123 e. The summed E-state index contributed by atoms with van der Waals surface area (Å²) in [7, 11) is 0. The fourth-order valence-corrected chi connectivity index (χ4v) is 1.30. The lowest BCUT2D eigenvalue weighted by atomic mass is 10.1. The summed E-state index contributed by atoms with van der Waals surface area (Å²) in [5.41, 5.74) is 1.28. The van der Waals surface area contributed by atoms with Crippen LogP contribution in [-0.4, -0.2) is 18.8 Å². The third kappa shape index (κ3) is 2.26. The van der Waals surface area contributed by atoms with Crippen molar-refractivity contribution < 1.29 is 9.47 Å². The molecule has 0 aromatic heterocycles. The number of benzene rings is 1. The Morgan fingerprint density at radius 2 is 2.29 bits per heavy atom. The zero-order valence-electron chi connectivity index (χ0n) is 8.75. The molecule has 2 heteroatoms. The summed E-state index contributed by atoms with van der Waals surface area (Å²) in [5, 5.41) is 0. The van der Waals surface area contributed by atoms with Gasteiger partial charge in [-0.1, -0.05) is 19.1 Å². The average molecular weight is 192 g/mol. The molecule has 0 spiro atoms. The van der Waals surface area contributed by atoms with Crippen molar-refractivity contribution in [3.05, 3.63) is 29.8 Å². The molecule has 14 heavy (non-hydrogen) atoms. The predicted molar refractivity (Wildman–Crippen MR) is 55.7 cm³/mol. The number of hydrogen-bond acceptors (Lipinski definition) is 2. The summed E-state index contributed by atoms with van der Waals surface area (Å²) < 4.78 is 10.9. The number of ether oxygens (including phenoxy) is 2. The summed E-state index contributed by atoms with van der Waals surface area (Å²) in [6.45, 7) is 5.68. The van der Waals surface area contributed by atoms with Crippen LogP contribution >= 0.6 is 0 Å². The molecule has 0 amide bonds. The van der Waals surface area contributed by atoms with E-state index in [1.165, 1.54) is 5.56 Å². The second-order valence-electron chi connectivity index (χ2n) is 4.03. The minimum atomic E-state index is -0.0256. The summed E-state index contributed by atoms with van der Waals surface area (Å²) >= 11 is 0. The molecular weight excluding hydrogens is 176 g/mol. The van der Waals surface area contributed by atoms with Crippen LogP contribution in [0.5, 0.6) is 5.75 Å². The van der Waals surface area contributed by atoms with Gasteiger partial charge in [-0.05, 0) is 31.0 Å². The van der Waals surface area contributed by atoms with Crippen molar-refractivity contribution in [3.63, 3.8) is 0 Å². The largest absolute Gasteiger partial charge is 0.490 e. The maximum absolute atomic E-state index is 5.65. The number of hydrogen-bond donors (Lipinski definition) is 0. The van der Waals surface area contributed by atoms with Gasteiger partial charge in [0, 0.05) is 0 Å². The highest BCUT2D eigenvalue weighted by atomic mass is 16.6. The topological polar surface area (TPSA) is 21.8 Å². The Hall–Kier alpha value is -1.02. The van der Waals surface area contributed by atoms with Gasteiger partial charge in [-0.15, -0.1) is 0 Å². The lowest BCUT2D eigenvalue weighted by molar-refractivity contribution is 0.202. The Labute approximate surface area is 84.8 Å². The van der Waals surface area contributed by atoms with Gasteiger partial charge < -0.3 is 9.47 Å². The Morgan fingerprint density at radius 3 is 2.93 bits per heavy atom. The first-order valence-electron chi connectivity index (χ1n) is 5.07. The Bertz CT molecular complexity index is 316. The van der Waals surface area contributed by atoms with Gasteiger partial charge in [0.15, 0.2) is 0 Å². The molecule has 2 nitrogen and oxygen atoms in total. The van der Waals surface area contributed by atoms with Crippen LogP contribution in [-0.2, 0) is 11.2 Å². The third-order valence-corrected chi connectivity index (χ3v) is 2.49. The normalized spacial score (nSPS) is 24.7. The maximum atomic E-state index is 5.65. The molecular formula is C12H16O2. The quantitative estimate of drug-likeness (QED) is 0.683. The smallest absolute Gasteiger partial charge is 0.123 e. The molecule has 1 aliphatic rings. The highest BCUT2D eigenvalue weighted by molar-refractivity contribution is 5.28. The van der Waals surface area contributed by atoms with Crippen molar-refractivity contribution in [2.24, 2.45) is 0 Å². The van der Waals surface area contributed by atoms with E-state index in [4.69, 9.17) is 9.47 Å². The Kier molecular flexibility index (Phi) is 2.46. The summed E-state index contributed by atoms with van der Waals surface area (Å²) in [5.74, 6) is 0.945. The van der Waals surface area contributed by atoms with E-state index in [0.29, 0.717) is 6.61 Å². The van der Waals surface area contributed by atoms with E-state index in [1.54, 1.807) is 0 Å². The average Bonchev–Trinajstić information content (AvgIpc) is 2.95. The van der Waals surface area contributed by atoms with Crippen molar-refractivity contribution in [1.82, 2.24) is 0 Å². The molecule has 2 rings (SSSR count). The van der Waals surface area contributed by atoms with E-state index < -0.39 is 0 Å².